The largest absolute Gasteiger partial charge is 0.443 e. The molecule has 2 amide bonds. The Morgan fingerprint density at radius 1 is 1.30 bits per heavy atom. The summed E-state index contributed by atoms with van der Waals surface area (Å²) in [4.78, 5) is 40.1. The van der Waals surface area contributed by atoms with E-state index in [9.17, 15) is 19.7 Å². The lowest BCUT2D eigenvalue weighted by atomic mass is 10.1. The maximum absolute atomic E-state index is 12.4. The van der Waals surface area contributed by atoms with Gasteiger partial charge in [-0.05, 0) is 6.07 Å². The zero-order valence-electron chi connectivity index (χ0n) is 12.5. The number of nitro benzene ring substituents is 1. The molecule has 8 heteroatoms. The number of amides is 2. The van der Waals surface area contributed by atoms with Gasteiger partial charge in [0.15, 0.2) is 0 Å². The molecule has 0 unspecified atom stereocenters. The van der Waals surface area contributed by atoms with E-state index in [0.717, 1.165) is 4.90 Å². The Hall–Kier alpha value is -3.03. The maximum atomic E-state index is 12.4. The molecular formula is C15H13N3O5. The minimum Gasteiger partial charge on any atom is -0.443 e. The number of imide groups is 1. The van der Waals surface area contributed by atoms with Gasteiger partial charge in [0.1, 0.15) is 17.9 Å². The van der Waals surface area contributed by atoms with Crippen LogP contribution in [0, 0.1) is 10.1 Å². The van der Waals surface area contributed by atoms with E-state index in [-0.39, 0.29) is 35.2 Å². The minimum atomic E-state index is -0.707. The Balaban J connectivity index is 1.94. The predicted molar refractivity (Wildman–Crippen MR) is 77.9 cm³/mol. The zero-order valence-corrected chi connectivity index (χ0v) is 12.5. The van der Waals surface area contributed by atoms with E-state index < -0.39 is 16.7 Å². The molecule has 8 nitrogen and oxygen atoms in total. The van der Waals surface area contributed by atoms with Gasteiger partial charge in [-0.1, -0.05) is 19.9 Å². The highest BCUT2D eigenvalue weighted by molar-refractivity contribution is 6.23. The normalized spacial score (nSPS) is 13.8. The van der Waals surface area contributed by atoms with Gasteiger partial charge >= 0.3 is 0 Å². The molecule has 0 radical (unpaired) electrons. The fourth-order valence-electron chi connectivity index (χ4n) is 2.41. The predicted octanol–water partition coefficient (Wildman–Crippen LogP) is 2.50. The van der Waals surface area contributed by atoms with E-state index in [4.69, 9.17) is 4.42 Å². The number of nitro groups is 1. The Labute approximate surface area is 130 Å². The van der Waals surface area contributed by atoms with Gasteiger partial charge in [-0.3, -0.25) is 24.6 Å². The molecule has 1 aromatic carbocycles. The number of oxazole rings is 1. The van der Waals surface area contributed by atoms with Gasteiger partial charge in [0, 0.05) is 12.0 Å². The van der Waals surface area contributed by atoms with Crippen LogP contribution in [0.1, 0.15) is 52.1 Å². The first-order valence-corrected chi connectivity index (χ1v) is 6.98. The fraction of sp³-hybridized carbons (Fsp3) is 0.267. The molecule has 0 bridgehead atoms. The molecule has 1 aromatic heterocycles. The Kier molecular flexibility index (Phi) is 3.44. The highest BCUT2D eigenvalue weighted by Gasteiger charge is 2.41. The Morgan fingerprint density at radius 2 is 2.04 bits per heavy atom. The molecule has 0 saturated carbocycles. The van der Waals surface area contributed by atoms with Gasteiger partial charge in [0.2, 0.25) is 5.89 Å². The number of nitrogens with zero attached hydrogens (tertiary/aromatic N) is 3. The number of hydrogen-bond acceptors (Lipinski definition) is 6. The highest BCUT2D eigenvalue weighted by Crippen LogP contribution is 2.31. The summed E-state index contributed by atoms with van der Waals surface area (Å²) in [5, 5.41) is 11.0. The summed E-state index contributed by atoms with van der Waals surface area (Å²) in [5.41, 5.74) is -0.531. The molecule has 23 heavy (non-hydrogen) atoms. The van der Waals surface area contributed by atoms with Crippen LogP contribution in [0.15, 0.2) is 28.8 Å². The summed E-state index contributed by atoms with van der Waals surface area (Å²) < 4.78 is 5.49. The molecule has 3 rings (SSSR count). The third-order valence-corrected chi connectivity index (χ3v) is 3.61. The average molecular weight is 315 g/mol. The fourth-order valence-corrected chi connectivity index (χ4v) is 2.41. The molecular weight excluding hydrogens is 302 g/mol. The van der Waals surface area contributed by atoms with Gasteiger partial charge in [0.05, 0.1) is 16.7 Å². The molecule has 0 N–H and O–H groups in total. The summed E-state index contributed by atoms with van der Waals surface area (Å²) in [7, 11) is 0. The summed E-state index contributed by atoms with van der Waals surface area (Å²) in [6.45, 7) is 3.70. The number of carbonyl (C=O) groups excluding carboxylic acids is 2. The molecule has 0 atom stereocenters. The van der Waals surface area contributed by atoms with E-state index in [1.54, 1.807) is 6.20 Å². The van der Waals surface area contributed by atoms with Gasteiger partial charge in [-0.2, -0.15) is 0 Å². The number of fused-ring (bicyclic) bond motifs is 1. The monoisotopic (exact) mass is 315 g/mol. The molecule has 0 aliphatic carbocycles. The van der Waals surface area contributed by atoms with Crippen molar-refractivity contribution in [3.63, 3.8) is 0 Å². The van der Waals surface area contributed by atoms with Crippen LogP contribution in [0.5, 0.6) is 0 Å². The lowest BCUT2D eigenvalue weighted by Gasteiger charge is -2.10. The van der Waals surface area contributed by atoms with Crippen molar-refractivity contribution in [2.75, 3.05) is 0 Å². The van der Waals surface area contributed by atoms with Crippen molar-refractivity contribution < 1.29 is 18.9 Å². The molecule has 1 aliphatic rings. The van der Waals surface area contributed by atoms with Crippen molar-refractivity contribution >= 4 is 17.5 Å². The van der Waals surface area contributed by atoms with Crippen LogP contribution in [-0.2, 0) is 6.54 Å². The SMILES string of the molecule is CC(C)c1cnc(CN2C(=O)c3cccc([N+](=O)[O-])c3C2=O)o1. The summed E-state index contributed by atoms with van der Waals surface area (Å²) in [6.07, 6.45) is 1.54. The first-order valence-electron chi connectivity index (χ1n) is 6.98. The first-order chi connectivity index (χ1) is 10.9. The van der Waals surface area contributed by atoms with Crippen LogP contribution >= 0.6 is 0 Å². The van der Waals surface area contributed by atoms with Gasteiger partial charge in [-0.25, -0.2) is 4.98 Å². The summed E-state index contributed by atoms with van der Waals surface area (Å²) in [6, 6.07) is 3.99. The van der Waals surface area contributed by atoms with Crippen molar-refractivity contribution in [2.45, 2.75) is 26.3 Å². The van der Waals surface area contributed by atoms with Gasteiger partial charge in [-0.15, -0.1) is 0 Å². The number of carbonyl (C=O) groups is 2. The van der Waals surface area contributed by atoms with Gasteiger partial charge in [0.25, 0.3) is 17.5 Å². The molecule has 0 fully saturated rings. The molecule has 0 saturated heterocycles. The second-order valence-electron chi connectivity index (χ2n) is 5.46. The van der Waals surface area contributed by atoms with Crippen molar-refractivity contribution in [3.8, 4) is 0 Å². The number of rotatable bonds is 4. The number of aromatic nitrogens is 1. The molecule has 1 aliphatic heterocycles. The Bertz CT molecular complexity index is 824. The minimum absolute atomic E-state index is 0.0276. The third-order valence-electron chi connectivity index (χ3n) is 3.61. The zero-order chi connectivity index (χ0) is 16.7. The van der Waals surface area contributed by atoms with Crippen molar-refractivity contribution in [3.05, 3.63) is 57.3 Å². The van der Waals surface area contributed by atoms with Crippen LogP contribution in [0.3, 0.4) is 0 Å². The van der Waals surface area contributed by atoms with Crippen LogP contribution in [0.4, 0.5) is 5.69 Å². The van der Waals surface area contributed by atoms with Gasteiger partial charge < -0.3 is 4.42 Å². The third kappa shape index (κ3) is 2.37. The lowest BCUT2D eigenvalue weighted by molar-refractivity contribution is -0.385. The molecule has 2 aromatic rings. The van der Waals surface area contributed by atoms with Crippen molar-refractivity contribution in [2.24, 2.45) is 0 Å². The lowest BCUT2D eigenvalue weighted by Crippen LogP contribution is -2.29. The number of hydrogen-bond donors (Lipinski definition) is 0. The van der Waals surface area contributed by atoms with Crippen molar-refractivity contribution in [1.29, 1.82) is 0 Å². The molecule has 0 spiro atoms. The van der Waals surface area contributed by atoms with Crippen LogP contribution < -0.4 is 0 Å². The highest BCUT2D eigenvalue weighted by atomic mass is 16.6. The van der Waals surface area contributed by atoms with E-state index in [2.05, 4.69) is 4.98 Å². The second-order valence-corrected chi connectivity index (χ2v) is 5.46. The maximum Gasteiger partial charge on any atom is 0.282 e. The second kappa shape index (κ2) is 5.31. The van der Waals surface area contributed by atoms with Crippen LogP contribution in [0.2, 0.25) is 0 Å². The summed E-state index contributed by atoms with van der Waals surface area (Å²) >= 11 is 0. The average Bonchev–Trinajstić information content (AvgIpc) is 3.07. The van der Waals surface area contributed by atoms with Crippen LogP contribution in [-0.4, -0.2) is 26.6 Å². The topological polar surface area (TPSA) is 107 Å². The summed E-state index contributed by atoms with van der Waals surface area (Å²) in [5.74, 6) is -0.312. The van der Waals surface area contributed by atoms with Crippen LogP contribution in [0.25, 0.3) is 0 Å². The smallest absolute Gasteiger partial charge is 0.282 e. The number of benzene rings is 1. The Morgan fingerprint density at radius 3 is 2.65 bits per heavy atom. The molecule has 118 valence electrons. The van der Waals surface area contributed by atoms with Crippen molar-refractivity contribution in [1.82, 2.24) is 9.88 Å². The molecule has 2 heterocycles. The van der Waals surface area contributed by atoms with E-state index >= 15 is 0 Å². The standard InChI is InChI=1S/C15H13N3O5/c1-8(2)11-6-16-12(23-11)7-17-14(19)9-4-3-5-10(18(21)22)13(9)15(17)20/h3-6,8H,7H2,1-2H3. The quantitative estimate of drug-likeness (QED) is 0.487. The first kappa shape index (κ1) is 14.9. The van der Waals surface area contributed by atoms with E-state index in [0.29, 0.717) is 5.76 Å². The van der Waals surface area contributed by atoms with E-state index in [1.807, 2.05) is 13.8 Å². The van der Waals surface area contributed by atoms with E-state index in [1.165, 1.54) is 18.2 Å².